The lowest BCUT2D eigenvalue weighted by Gasteiger charge is -2.41. The number of carbonyl (C=O) groups is 2. The largest absolute Gasteiger partial charge is 0.481 e. The molecule has 1 saturated heterocycles. The molecule has 0 bridgehead atoms. The van der Waals surface area contributed by atoms with Crippen molar-refractivity contribution in [2.45, 2.75) is 38.3 Å². The number of rotatable bonds is 4. The number of hydrogen-bond donors (Lipinski definition) is 2. The molecule has 0 aromatic rings. The summed E-state index contributed by atoms with van der Waals surface area (Å²) in [5.74, 6) is -1.10. The molecule has 0 aromatic heterocycles. The Morgan fingerprint density at radius 1 is 1.37 bits per heavy atom. The summed E-state index contributed by atoms with van der Waals surface area (Å²) in [4.78, 5) is 24.5. The number of hydrogen-bond acceptors (Lipinski definition) is 3. The number of nitrogens with one attached hydrogen (secondary N) is 1. The van der Waals surface area contributed by atoms with Crippen LogP contribution in [0.3, 0.4) is 0 Å². The Hall–Kier alpha value is -1.30. The fourth-order valence-electron chi connectivity index (χ4n) is 2.82. The molecule has 2 fully saturated rings. The Labute approximate surface area is 113 Å². The van der Waals surface area contributed by atoms with Crippen molar-refractivity contribution >= 4 is 12.0 Å². The minimum absolute atomic E-state index is 0.0741. The van der Waals surface area contributed by atoms with E-state index in [2.05, 4.69) is 5.32 Å². The van der Waals surface area contributed by atoms with Crippen LogP contribution in [0.15, 0.2) is 0 Å². The van der Waals surface area contributed by atoms with E-state index in [-0.39, 0.29) is 30.0 Å². The number of carbonyl (C=O) groups excluding carboxylic acids is 1. The highest BCUT2D eigenvalue weighted by molar-refractivity contribution is 5.76. The van der Waals surface area contributed by atoms with Crippen LogP contribution in [0.2, 0.25) is 0 Å². The second-order valence-corrected chi connectivity index (χ2v) is 5.55. The zero-order valence-corrected chi connectivity index (χ0v) is 11.5. The SMILES string of the molecule is COC1CCCC1NC(=O)N1CC(C(C)C(=O)O)C1. The van der Waals surface area contributed by atoms with E-state index >= 15 is 0 Å². The second kappa shape index (κ2) is 5.77. The van der Waals surface area contributed by atoms with E-state index in [9.17, 15) is 9.59 Å². The Balaban J connectivity index is 1.76. The number of methoxy groups -OCH3 is 1. The van der Waals surface area contributed by atoms with Gasteiger partial charge >= 0.3 is 12.0 Å². The molecule has 1 saturated carbocycles. The highest BCUT2D eigenvalue weighted by Crippen LogP contribution is 2.25. The number of urea groups is 1. The fourth-order valence-corrected chi connectivity index (χ4v) is 2.82. The summed E-state index contributed by atoms with van der Waals surface area (Å²) in [7, 11) is 1.67. The maximum absolute atomic E-state index is 12.0. The predicted octanol–water partition coefficient (Wildman–Crippen LogP) is 0.916. The van der Waals surface area contributed by atoms with Crippen molar-refractivity contribution in [2.24, 2.45) is 11.8 Å². The van der Waals surface area contributed by atoms with Gasteiger partial charge in [-0.05, 0) is 19.3 Å². The molecule has 6 nitrogen and oxygen atoms in total. The first-order valence-electron chi connectivity index (χ1n) is 6.84. The van der Waals surface area contributed by atoms with Crippen molar-refractivity contribution in [1.29, 1.82) is 0 Å². The summed E-state index contributed by atoms with van der Waals surface area (Å²) in [5, 5.41) is 11.9. The lowest BCUT2D eigenvalue weighted by atomic mass is 9.87. The zero-order chi connectivity index (χ0) is 14.0. The monoisotopic (exact) mass is 270 g/mol. The maximum Gasteiger partial charge on any atom is 0.317 e. The van der Waals surface area contributed by atoms with Crippen molar-refractivity contribution in [1.82, 2.24) is 10.2 Å². The molecule has 1 aliphatic heterocycles. The molecule has 2 rings (SSSR count). The van der Waals surface area contributed by atoms with E-state index in [1.54, 1.807) is 18.9 Å². The second-order valence-electron chi connectivity index (χ2n) is 5.55. The van der Waals surface area contributed by atoms with E-state index in [0.717, 1.165) is 19.3 Å². The maximum atomic E-state index is 12.0. The first-order chi connectivity index (χ1) is 9.02. The minimum atomic E-state index is -0.791. The summed E-state index contributed by atoms with van der Waals surface area (Å²) >= 11 is 0. The quantitative estimate of drug-likeness (QED) is 0.796. The number of carboxylic acid groups (broad SMARTS) is 1. The Kier molecular flexibility index (Phi) is 4.29. The fraction of sp³-hybridized carbons (Fsp3) is 0.846. The highest BCUT2D eigenvalue weighted by Gasteiger charge is 2.38. The molecule has 2 aliphatic rings. The lowest BCUT2D eigenvalue weighted by molar-refractivity contribution is -0.144. The zero-order valence-electron chi connectivity index (χ0n) is 11.5. The van der Waals surface area contributed by atoms with Crippen LogP contribution in [-0.4, -0.2) is 54.4 Å². The van der Waals surface area contributed by atoms with Crippen LogP contribution in [-0.2, 0) is 9.53 Å². The van der Waals surface area contributed by atoms with E-state index in [1.165, 1.54) is 0 Å². The first kappa shape index (κ1) is 14.1. The van der Waals surface area contributed by atoms with Gasteiger partial charge in [-0.1, -0.05) is 6.92 Å². The molecule has 19 heavy (non-hydrogen) atoms. The number of nitrogens with zero attached hydrogens (tertiary/aromatic N) is 1. The van der Waals surface area contributed by atoms with Crippen molar-refractivity contribution in [3.05, 3.63) is 0 Å². The topological polar surface area (TPSA) is 78.9 Å². The van der Waals surface area contributed by atoms with E-state index < -0.39 is 5.97 Å². The summed E-state index contributed by atoms with van der Waals surface area (Å²) in [6, 6.07) is -0.00349. The third-order valence-electron chi connectivity index (χ3n) is 4.36. The van der Waals surface area contributed by atoms with Crippen LogP contribution in [0.25, 0.3) is 0 Å². The standard InChI is InChI=1S/C13H22N2O4/c1-8(12(16)17)9-6-15(7-9)13(18)14-10-4-3-5-11(10)19-2/h8-11H,3-7H2,1-2H3,(H,14,18)(H,16,17). The van der Waals surface area contributed by atoms with Gasteiger partial charge in [-0.15, -0.1) is 0 Å². The van der Waals surface area contributed by atoms with Gasteiger partial charge in [0.15, 0.2) is 0 Å². The molecule has 1 heterocycles. The molecule has 0 radical (unpaired) electrons. The Bertz CT molecular complexity index is 355. The molecule has 3 unspecified atom stereocenters. The normalized spacial score (nSPS) is 28.8. The van der Waals surface area contributed by atoms with Gasteiger partial charge in [-0.3, -0.25) is 4.79 Å². The molecule has 6 heteroatoms. The van der Waals surface area contributed by atoms with Gasteiger partial charge in [-0.25, -0.2) is 4.79 Å². The minimum Gasteiger partial charge on any atom is -0.481 e. The molecular formula is C13H22N2O4. The van der Waals surface area contributed by atoms with Crippen molar-refractivity contribution in [3.8, 4) is 0 Å². The molecule has 0 spiro atoms. The van der Waals surface area contributed by atoms with Gasteiger partial charge in [0.2, 0.25) is 0 Å². The smallest absolute Gasteiger partial charge is 0.317 e. The van der Waals surface area contributed by atoms with Gasteiger partial charge in [0.05, 0.1) is 18.1 Å². The van der Waals surface area contributed by atoms with Crippen LogP contribution < -0.4 is 5.32 Å². The third-order valence-corrected chi connectivity index (χ3v) is 4.36. The average Bonchev–Trinajstić information content (AvgIpc) is 2.73. The van der Waals surface area contributed by atoms with Gasteiger partial charge in [-0.2, -0.15) is 0 Å². The van der Waals surface area contributed by atoms with Crippen molar-refractivity contribution < 1.29 is 19.4 Å². The molecule has 0 aromatic carbocycles. The summed E-state index contributed by atoms with van der Waals surface area (Å²) in [5.41, 5.74) is 0. The van der Waals surface area contributed by atoms with E-state index in [0.29, 0.717) is 13.1 Å². The number of carboxylic acids is 1. The molecule has 3 atom stereocenters. The highest BCUT2D eigenvalue weighted by atomic mass is 16.5. The third kappa shape index (κ3) is 3.00. The predicted molar refractivity (Wildman–Crippen MR) is 68.8 cm³/mol. The van der Waals surface area contributed by atoms with E-state index in [1.807, 2.05) is 0 Å². The van der Waals surface area contributed by atoms with Gasteiger partial charge in [0.1, 0.15) is 0 Å². The van der Waals surface area contributed by atoms with Crippen LogP contribution in [0, 0.1) is 11.8 Å². The van der Waals surface area contributed by atoms with Crippen LogP contribution >= 0.6 is 0 Å². The van der Waals surface area contributed by atoms with Crippen LogP contribution in [0.5, 0.6) is 0 Å². The Morgan fingerprint density at radius 3 is 2.63 bits per heavy atom. The van der Waals surface area contributed by atoms with Crippen LogP contribution in [0.4, 0.5) is 4.79 Å². The molecule has 1 aliphatic carbocycles. The van der Waals surface area contributed by atoms with Crippen molar-refractivity contribution in [3.63, 3.8) is 0 Å². The number of likely N-dealkylation sites (tertiary alicyclic amines) is 1. The molecule has 108 valence electrons. The van der Waals surface area contributed by atoms with E-state index in [4.69, 9.17) is 9.84 Å². The summed E-state index contributed by atoms with van der Waals surface area (Å²) in [6.45, 7) is 2.76. The molecule has 2 amide bonds. The average molecular weight is 270 g/mol. The number of aliphatic carboxylic acids is 1. The van der Waals surface area contributed by atoms with Crippen molar-refractivity contribution in [2.75, 3.05) is 20.2 Å². The molecular weight excluding hydrogens is 248 g/mol. The molecule has 2 N–H and O–H groups in total. The summed E-state index contributed by atoms with van der Waals surface area (Å²) in [6.07, 6.45) is 3.12. The summed E-state index contributed by atoms with van der Waals surface area (Å²) < 4.78 is 5.34. The Morgan fingerprint density at radius 2 is 2.05 bits per heavy atom. The number of ether oxygens (including phenoxy) is 1. The number of amides is 2. The first-order valence-corrected chi connectivity index (χ1v) is 6.84. The van der Waals surface area contributed by atoms with Crippen LogP contribution in [0.1, 0.15) is 26.2 Å². The lowest BCUT2D eigenvalue weighted by Crippen LogP contribution is -2.58. The van der Waals surface area contributed by atoms with Gasteiger partial charge < -0.3 is 20.1 Å². The van der Waals surface area contributed by atoms with Gasteiger partial charge in [0, 0.05) is 26.1 Å². The van der Waals surface area contributed by atoms with Gasteiger partial charge in [0.25, 0.3) is 0 Å².